The van der Waals surface area contributed by atoms with Crippen LogP contribution in [0.3, 0.4) is 0 Å². The van der Waals surface area contributed by atoms with Crippen molar-refractivity contribution in [2.75, 3.05) is 12.0 Å². The van der Waals surface area contributed by atoms with E-state index in [0.717, 1.165) is 4.90 Å². The minimum atomic E-state index is -0.483. The summed E-state index contributed by atoms with van der Waals surface area (Å²) >= 11 is 1.55. The quantitative estimate of drug-likeness (QED) is 0.531. The van der Waals surface area contributed by atoms with Gasteiger partial charge < -0.3 is 11.5 Å². The van der Waals surface area contributed by atoms with Crippen LogP contribution in [0.1, 0.15) is 10.4 Å². The van der Waals surface area contributed by atoms with Crippen LogP contribution in [0.4, 0.5) is 5.69 Å². The maximum atomic E-state index is 10.8. The number of anilines is 1. The molecule has 0 aliphatic carbocycles. The summed E-state index contributed by atoms with van der Waals surface area (Å²) in [6.45, 7) is 0. The third-order valence-electron chi connectivity index (χ3n) is 1.53. The first-order valence-corrected chi connectivity index (χ1v) is 4.61. The van der Waals surface area contributed by atoms with Gasteiger partial charge in [-0.25, -0.2) is 0 Å². The second-order valence-corrected chi connectivity index (χ2v) is 3.20. The van der Waals surface area contributed by atoms with E-state index in [4.69, 9.17) is 11.5 Å². The lowest BCUT2D eigenvalue weighted by atomic mass is 10.2. The number of carbonyl (C=O) groups is 1. The van der Waals surface area contributed by atoms with Crippen molar-refractivity contribution in [3.05, 3.63) is 23.8 Å². The normalized spacial score (nSPS) is 9.75. The predicted octanol–water partition coefficient (Wildman–Crippen LogP) is 1.09. The summed E-state index contributed by atoms with van der Waals surface area (Å²) in [5.74, 6) is -0.483. The standard InChI is InChI=1S/C8H10N2OS/c1-12-5-2-3-7(9)6(4-5)8(10)11/h2-4H,9H2,1H3,(H2,10,11). The number of amides is 1. The summed E-state index contributed by atoms with van der Waals surface area (Å²) in [4.78, 5) is 11.8. The van der Waals surface area contributed by atoms with Gasteiger partial charge in [-0.3, -0.25) is 4.79 Å². The van der Waals surface area contributed by atoms with Crippen LogP contribution >= 0.6 is 11.8 Å². The van der Waals surface area contributed by atoms with Crippen molar-refractivity contribution in [2.45, 2.75) is 4.90 Å². The van der Waals surface area contributed by atoms with Gasteiger partial charge >= 0.3 is 0 Å². The molecule has 0 bridgehead atoms. The van der Waals surface area contributed by atoms with Crippen LogP contribution in [-0.4, -0.2) is 12.2 Å². The number of rotatable bonds is 2. The summed E-state index contributed by atoms with van der Waals surface area (Å²) in [6, 6.07) is 5.24. The minimum Gasteiger partial charge on any atom is -0.398 e. The van der Waals surface area contributed by atoms with Crippen LogP contribution in [0.2, 0.25) is 0 Å². The van der Waals surface area contributed by atoms with Crippen molar-refractivity contribution in [1.29, 1.82) is 0 Å². The zero-order chi connectivity index (χ0) is 9.14. The number of nitrogens with two attached hydrogens (primary N) is 2. The highest BCUT2D eigenvalue weighted by atomic mass is 32.2. The Morgan fingerprint density at radius 3 is 2.67 bits per heavy atom. The number of nitrogen functional groups attached to an aromatic ring is 1. The van der Waals surface area contributed by atoms with E-state index in [0.29, 0.717) is 11.3 Å². The third-order valence-corrected chi connectivity index (χ3v) is 2.25. The Hall–Kier alpha value is -1.16. The number of hydrogen-bond donors (Lipinski definition) is 2. The Labute approximate surface area is 75.1 Å². The molecular weight excluding hydrogens is 172 g/mol. The Bertz CT molecular complexity index is 312. The fourth-order valence-electron chi connectivity index (χ4n) is 0.876. The number of benzene rings is 1. The van der Waals surface area contributed by atoms with E-state index in [2.05, 4.69) is 0 Å². The van der Waals surface area contributed by atoms with Gasteiger partial charge in [0, 0.05) is 10.6 Å². The SMILES string of the molecule is CSc1ccc(N)c(C(N)=O)c1. The lowest BCUT2D eigenvalue weighted by molar-refractivity contribution is 0.100. The summed E-state index contributed by atoms with van der Waals surface area (Å²) in [6.07, 6.45) is 1.93. The zero-order valence-corrected chi connectivity index (χ0v) is 7.52. The van der Waals surface area contributed by atoms with Crippen LogP contribution in [0, 0.1) is 0 Å². The molecule has 64 valence electrons. The van der Waals surface area contributed by atoms with Gasteiger partial charge in [-0.2, -0.15) is 0 Å². The zero-order valence-electron chi connectivity index (χ0n) is 6.70. The van der Waals surface area contributed by atoms with E-state index in [-0.39, 0.29) is 0 Å². The molecule has 4 N–H and O–H groups in total. The van der Waals surface area contributed by atoms with Gasteiger partial charge in [0.05, 0.1) is 5.56 Å². The second-order valence-electron chi connectivity index (χ2n) is 2.32. The average Bonchev–Trinajstić information content (AvgIpc) is 2.05. The molecule has 0 aromatic heterocycles. The lowest BCUT2D eigenvalue weighted by Gasteiger charge is -2.02. The largest absolute Gasteiger partial charge is 0.398 e. The molecule has 0 aliphatic rings. The Kier molecular flexibility index (Phi) is 2.60. The first kappa shape index (κ1) is 8.93. The third kappa shape index (κ3) is 1.71. The van der Waals surface area contributed by atoms with Gasteiger partial charge in [0.25, 0.3) is 5.91 Å². The molecule has 3 nitrogen and oxygen atoms in total. The molecule has 1 aromatic carbocycles. The molecule has 0 radical (unpaired) electrons. The summed E-state index contributed by atoms with van der Waals surface area (Å²) in [7, 11) is 0. The van der Waals surface area contributed by atoms with Gasteiger partial charge in [-0.15, -0.1) is 11.8 Å². The molecule has 0 saturated heterocycles. The molecule has 1 amide bonds. The highest BCUT2D eigenvalue weighted by Crippen LogP contribution is 2.20. The fourth-order valence-corrected chi connectivity index (χ4v) is 1.32. The molecule has 0 spiro atoms. The molecular formula is C8H10N2OS. The highest BCUT2D eigenvalue weighted by Gasteiger charge is 2.05. The van der Waals surface area contributed by atoms with Crippen molar-refractivity contribution in [2.24, 2.45) is 5.73 Å². The molecule has 0 aliphatic heterocycles. The average molecular weight is 182 g/mol. The lowest BCUT2D eigenvalue weighted by Crippen LogP contribution is -2.13. The first-order chi connectivity index (χ1) is 5.65. The molecule has 12 heavy (non-hydrogen) atoms. The van der Waals surface area contributed by atoms with Gasteiger partial charge in [0.2, 0.25) is 0 Å². The van der Waals surface area contributed by atoms with E-state index < -0.39 is 5.91 Å². The molecule has 0 fully saturated rings. The van der Waals surface area contributed by atoms with Crippen LogP contribution in [0.15, 0.2) is 23.1 Å². The van der Waals surface area contributed by atoms with Crippen LogP contribution in [-0.2, 0) is 0 Å². The van der Waals surface area contributed by atoms with E-state index in [1.54, 1.807) is 23.9 Å². The Balaban J connectivity index is 3.17. The van der Waals surface area contributed by atoms with Crippen LogP contribution in [0.25, 0.3) is 0 Å². The van der Waals surface area contributed by atoms with Crippen molar-refractivity contribution in [3.8, 4) is 0 Å². The van der Waals surface area contributed by atoms with E-state index in [1.165, 1.54) is 0 Å². The van der Waals surface area contributed by atoms with E-state index in [9.17, 15) is 4.79 Å². The number of carbonyl (C=O) groups excluding carboxylic acids is 1. The number of primary amides is 1. The van der Waals surface area contributed by atoms with Crippen molar-refractivity contribution < 1.29 is 4.79 Å². The van der Waals surface area contributed by atoms with E-state index in [1.807, 2.05) is 12.3 Å². The smallest absolute Gasteiger partial charge is 0.250 e. The number of hydrogen-bond acceptors (Lipinski definition) is 3. The monoisotopic (exact) mass is 182 g/mol. The molecule has 0 saturated carbocycles. The Morgan fingerprint density at radius 1 is 1.50 bits per heavy atom. The maximum absolute atomic E-state index is 10.8. The maximum Gasteiger partial charge on any atom is 0.250 e. The van der Waals surface area contributed by atoms with E-state index >= 15 is 0 Å². The second kappa shape index (κ2) is 3.49. The van der Waals surface area contributed by atoms with Gasteiger partial charge in [0.15, 0.2) is 0 Å². The summed E-state index contributed by atoms with van der Waals surface area (Å²) in [5, 5.41) is 0. The molecule has 1 rings (SSSR count). The molecule has 4 heteroatoms. The minimum absolute atomic E-state index is 0.391. The van der Waals surface area contributed by atoms with Crippen molar-refractivity contribution in [3.63, 3.8) is 0 Å². The fraction of sp³-hybridized carbons (Fsp3) is 0.125. The summed E-state index contributed by atoms with van der Waals surface area (Å²) in [5.41, 5.74) is 11.5. The van der Waals surface area contributed by atoms with Gasteiger partial charge in [-0.05, 0) is 24.5 Å². The topological polar surface area (TPSA) is 69.1 Å². The molecule has 0 heterocycles. The molecule has 0 atom stereocenters. The van der Waals surface area contributed by atoms with Crippen molar-refractivity contribution >= 4 is 23.4 Å². The van der Waals surface area contributed by atoms with Crippen molar-refractivity contribution in [1.82, 2.24) is 0 Å². The highest BCUT2D eigenvalue weighted by molar-refractivity contribution is 7.98. The van der Waals surface area contributed by atoms with Crippen LogP contribution < -0.4 is 11.5 Å². The molecule has 0 unspecified atom stereocenters. The Morgan fingerprint density at radius 2 is 2.17 bits per heavy atom. The predicted molar refractivity (Wildman–Crippen MR) is 51.2 cm³/mol. The van der Waals surface area contributed by atoms with Crippen LogP contribution in [0.5, 0.6) is 0 Å². The molecule has 1 aromatic rings. The summed E-state index contributed by atoms with van der Waals surface area (Å²) < 4.78 is 0. The van der Waals surface area contributed by atoms with Gasteiger partial charge in [-0.1, -0.05) is 0 Å². The first-order valence-electron chi connectivity index (χ1n) is 3.38. The number of thioether (sulfide) groups is 1. The van der Waals surface area contributed by atoms with Gasteiger partial charge in [0.1, 0.15) is 0 Å².